The molecule has 0 aromatic heterocycles. The van der Waals surface area contributed by atoms with Gasteiger partial charge in [-0.3, -0.25) is 9.34 Å². The molecule has 0 aliphatic carbocycles. The summed E-state index contributed by atoms with van der Waals surface area (Å²) in [4.78, 5) is 0. The van der Waals surface area contributed by atoms with Gasteiger partial charge in [0.15, 0.2) is 6.78 Å². The normalized spacial score (nSPS) is 10.3. The summed E-state index contributed by atoms with van der Waals surface area (Å²) >= 11 is 13.7. The van der Waals surface area contributed by atoms with E-state index in [1.54, 1.807) is 23.4 Å². The van der Waals surface area contributed by atoms with Gasteiger partial charge in [-0.25, -0.2) is 26.3 Å². The van der Waals surface area contributed by atoms with Crippen molar-refractivity contribution in [2.24, 2.45) is 0 Å². The maximum Gasteiger partial charge on any atom is 1.00 e. The molecule has 0 N–H and O–H groups in total. The second-order valence-corrected chi connectivity index (χ2v) is 15.0. The van der Waals surface area contributed by atoms with E-state index in [0.717, 1.165) is 24.6 Å². The zero-order chi connectivity index (χ0) is 30.3. The molecule has 0 bridgehead atoms. The van der Waals surface area contributed by atoms with Gasteiger partial charge in [-0.2, -0.15) is 6.42 Å². The molecule has 0 atom stereocenters. The number of hydrogen-bond acceptors (Lipinski definition) is 2. The van der Waals surface area contributed by atoms with E-state index in [0.29, 0.717) is 15.1 Å². The minimum atomic E-state index is -1.40. The largest absolute Gasteiger partial charge is 1.00 e. The third-order valence-electron chi connectivity index (χ3n) is 4.07. The quantitative estimate of drug-likeness (QED) is 0.126. The number of unbranched alkanes of at least 4 members (excludes halogenated alkanes) is 1. The summed E-state index contributed by atoms with van der Waals surface area (Å²) in [5, 5.41) is 0.708. The first kappa shape index (κ1) is 41.8. The van der Waals surface area contributed by atoms with Crippen LogP contribution < -0.4 is 29.5 Å². The van der Waals surface area contributed by atoms with Gasteiger partial charge in [0.2, 0.25) is 0 Å². The maximum absolute atomic E-state index is 13.3. The minimum Gasteiger partial charge on any atom is -0.343 e. The summed E-state index contributed by atoms with van der Waals surface area (Å²) in [6, 6.07) is 9.46. The van der Waals surface area contributed by atoms with E-state index in [2.05, 4.69) is 29.8 Å². The van der Waals surface area contributed by atoms with Crippen LogP contribution in [-0.4, -0.2) is 37.5 Å². The Morgan fingerprint density at radius 2 is 0.900 bits per heavy atom. The Bertz CT molecular complexity index is 1000. The van der Waals surface area contributed by atoms with E-state index >= 15 is 0 Å². The molecule has 0 spiro atoms. The zero-order valence-electron chi connectivity index (χ0n) is 23.0. The molecular weight excluding hydrogens is 674 g/mol. The Morgan fingerprint density at radius 3 is 1.07 bits per heavy atom. The van der Waals surface area contributed by atoms with Crippen LogP contribution in [0.15, 0.2) is 59.1 Å². The Hall–Kier alpha value is -0.323. The molecule has 2 nitrogen and oxygen atoms in total. The van der Waals surface area contributed by atoms with Gasteiger partial charge in [0.1, 0.15) is 34.9 Å². The smallest absolute Gasteiger partial charge is 0.343 e. The van der Waals surface area contributed by atoms with Gasteiger partial charge in [0.05, 0.1) is 0 Å². The number of benzene rings is 3. The second-order valence-electron chi connectivity index (χ2n) is 7.92. The molecule has 0 amide bonds. The molecule has 0 aliphatic rings. The fourth-order valence-electron chi connectivity index (χ4n) is 2.45. The Labute approximate surface area is 265 Å². The summed E-state index contributed by atoms with van der Waals surface area (Å²) in [5.74, 6) is -4.00. The first-order valence-electron chi connectivity index (χ1n) is 11.2. The topological polar surface area (TPSA) is 6.48 Å². The third kappa shape index (κ3) is 18.3. The summed E-state index contributed by atoms with van der Waals surface area (Å²) in [6.07, 6.45) is 2.28. The molecule has 3 aromatic carbocycles. The van der Waals surface area contributed by atoms with Crippen molar-refractivity contribution in [3.63, 3.8) is 0 Å². The van der Waals surface area contributed by atoms with Crippen LogP contribution >= 0.6 is 53.3 Å². The van der Waals surface area contributed by atoms with E-state index in [9.17, 15) is 26.3 Å². The average Bonchev–Trinajstić information content (AvgIpc) is 2.77. The van der Waals surface area contributed by atoms with Gasteiger partial charge < -0.3 is 6.92 Å². The van der Waals surface area contributed by atoms with Crippen LogP contribution in [0.25, 0.3) is 0 Å². The number of rotatable bonds is 5. The van der Waals surface area contributed by atoms with E-state index in [4.69, 9.17) is 22.5 Å². The molecule has 0 saturated carbocycles. The summed E-state index contributed by atoms with van der Waals surface area (Å²) in [5.41, 5.74) is 0. The predicted octanol–water partition coefficient (Wildman–Crippen LogP) is 6.76. The molecule has 3 rings (SSSR count). The van der Waals surface area contributed by atoms with Crippen molar-refractivity contribution < 1.29 is 45.2 Å². The van der Waals surface area contributed by atoms with Crippen LogP contribution in [0.1, 0.15) is 19.8 Å². The van der Waals surface area contributed by atoms with E-state index < -0.39 is 49.8 Å². The monoisotopic (exact) mass is 702 g/mol. The van der Waals surface area contributed by atoms with Crippen molar-refractivity contribution in [2.45, 2.75) is 19.8 Å². The fraction of sp³-hybridized carbons (Fsp3) is 0.269. The second kappa shape index (κ2) is 22.2. The van der Waals surface area contributed by atoms with Crippen molar-refractivity contribution in [1.29, 1.82) is 0 Å². The Morgan fingerprint density at radius 1 is 0.650 bits per heavy atom. The zero-order valence-corrected chi connectivity index (χ0v) is 27.9. The molecule has 0 unspecified atom stereocenters. The Kier molecular flexibility index (Phi) is 23.3. The van der Waals surface area contributed by atoms with Gasteiger partial charge in [0, 0.05) is 41.4 Å². The van der Waals surface area contributed by atoms with Crippen molar-refractivity contribution in [3.8, 4) is 0 Å². The van der Waals surface area contributed by atoms with Crippen LogP contribution in [0, 0.1) is 41.8 Å². The van der Waals surface area contributed by atoms with Crippen molar-refractivity contribution >= 4 is 63.9 Å². The van der Waals surface area contributed by atoms with E-state index in [1.807, 2.05) is 14.1 Å². The van der Waals surface area contributed by atoms with Crippen LogP contribution in [0.4, 0.5) is 26.3 Å². The summed E-state index contributed by atoms with van der Waals surface area (Å²) in [7, 11) is 5.66. The SMILES string of the molecule is CN(C)P(Cl)Cl.CN(C)P(c1cc(F)cc(F)c1)c1cc(F)cc(F)c1.Fc1cc(F)cc(Br)c1.[CH2-]CCC.[Li+]. The van der Waals surface area contributed by atoms with Crippen molar-refractivity contribution in [2.75, 3.05) is 28.2 Å². The maximum atomic E-state index is 13.3. The van der Waals surface area contributed by atoms with Crippen LogP contribution in [-0.2, 0) is 0 Å². The molecule has 40 heavy (non-hydrogen) atoms. The van der Waals surface area contributed by atoms with E-state index in [1.165, 1.54) is 42.8 Å². The van der Waals surface area contributed by atoms with Gasteiger partial charge in [-0.1, -0.05) is 51.8 Å². The number of hydrogen-bond donors (Lipinski definition) is 0. The number of halogens is 9. The average molecular weight is 704 g/mol. The van der Waals surface area contributed by atoms with Crippen LogP contribution in [0.5, 0.6) is 0 Å². The van der Waals surface area contributed by atoms with Gasteiger partial charge in [-0.05, 0) is 64.6 Å². The van der Waals surface area contributed by atoms with Crippen LogP contribution in [0.3, 0.4) is 0 Å². The minimum absolute atomic E-state index is 0. The van der Waals surface area contributed by atoms with Gasteiger partial charge >= 0.3 is 18.9 Å². The Balaban J connectivity index is 0. The molecular formula is C26H30BrCl2F6LiN2P2. The predicted molar refractivity (Wildman–Crippen MR) is 159 cm³/mol. The van der Waals surface area contributed by atoms with Crippen LogP contribution in [0.2, 0.25) is 0 Å². The molecule has 0 heterocycles. The first-order valence-corrected chi connectivity index (χ1v) is 16.4. The van der Waals surface area contributed by atoms with Crippen molar-refractivity contribution in [1.82, 2.24) is 9.34 Å². The molecule has 3 aromatic rings. The molecule has 0 fully saturated rings. The van der Waals surface area contributed by atoms with Gasteiger partial charge in [-0.15, -0.1) is 0 Å². The number of nitrogens with zero attached hydrogens (tertiary/aromatic N) is 2. The molecule has 14 heteroatoms. The standard InChI is InChI=1S/C14H12F4NP.C6H3BrF2.C4H9.C2H6Cl2NP.Li/c1-19(2)20(13-5-9(15)3-10(16)6-13)14-7-11(17)4-12(18)8-14;7-4-1-5(8)3-6(9)2-4;1-3-4-2;1-5(2)6(3)4;/h3-8H,1-2H3;1-3H;1,3-4H2,2H3;1-2H3;/q;;-1;;+1. The van der Waals surface area contributed by atoms with Crippen molar-refractivity contribution in [3.05, 3.63) is 101 Å². The van der Waals surface area contributed by atoms with Gasteiger partial charge in [0.25, 0.3) is 0 Å². The molecule has 218 valence electrons. The summed E-state index contributed by atoms with van der Waals surface area (Å²) in [6.45, 7) is 4.84. The fourth-order valence-corrected chi connectivity index (χ4v) is 5.10. The third-order valence-corrected chi connectivity index (χ3v) is 9.24. The van der Waals surface area contributed by atoms with E-state index in [-0.39, 0.29) is 18.9 Å². The molecule has 0 radical (unpaired) electrons. The first-order chi connectivity index (χ1) is 18.1. The molecule has 0 aliphatic heterocycles. The molecule has 0 saturated heterocycles. The summed E-state index contributed by atoms with van der Waals surface area (Å²) < 4.78 is 81.5.